The topological polar surface area (TPSA) is 53.4 Å². The van der Waals surface area contributed by atoms with Crippen molar-refractivity contribution in [3.8, 4) is 0 Å². The molecule has 1 unspecified atom stereocenters. The van der Waals surface area contributed by atoms with E-state index in [1.54, 1.807) is 11.3 Å². The van der Waals surface area contributed by atoms with Crippen molar-refractivity contribution in [2.75, 3.05) is 13.1 Å². The highest BCUT2D eigenvalue weighted by atomic mass is 32.1. The minimum Gasteiger partial charge on any atom is -0.481 e. The minimum atomic E-state index is -0.675. The summed E-state index contributed by atoms with van der Waals surface area (Å²) in [6.07, 6.45) is 3.47. The molecular formula is C14H22N2O2S. The molecule has 106 valence electrons. The molecule has 4 nitrogen and oxygen atoms in total. The van der Waals surface area contributed by atoms with Gasteiger partial charge in [0.05, 0.1) is 10.7 Å². The maximum absolute atomic E-state index is 10.6. The Balaban J connectivity index is 1.87. The van der Waals surface area contributed by atoms with Crippen LogP contribution >= 0.6 is 11.3 Å². The smallest absolute Gasteiger partial charge is 0.303 e. The van der Waals surface area contributed by atoms with Crippen molar-refractivity contribution in [1.29, 1.82) is 0 Å². The van der Waals surface area contributed by atoms with Gasteiger partial charge in [-0.25, -0.2) is 4.98 Å². The Morgan fingerprint density at radius 1 is 1.53 bits per heavy atom. The molecule has 0 aliphatic carbocycles. The Morgan fingerprint density at radius 2 is 2.32 bits per heavy atom. The van der Waals surface area contributed by atoms with Crippen molar-refractivity contribution < 1.29 is 9.90 Å². The van der Waals surface area contributed by atoms with E-state index in [1.807, 2.05) is 6.92 Å². The van der Waals surface area contributed by atoms with Gasteiger partial charge < -0.3 is 5.11 Å². The van der Waals surface area contributed by atoms with Gasteiger partial charge in [-0.2, -0.15) is 0 Å². The third kappa shape index (κ3) is 4.28. The Labute approximate surface area is 118 Å². The summed E-state index contributed by atoms with van der Waals surface area (Å²) in [6, 6.07) is 0. The number of rotatable bonds is 5. The van der Waals surface area contributed by atoms with Crippen LogP contribution < -0.4 is 0 Å². The molecule has 1 N–H and O–H groups in total. The van der Waals surface area contributed by atoms with E-state index in [4.69, 9.17) is 5.11 Å². The molecule has 1 fully saturated rings. The first kappa shape index (κ1) is 14.5. The predicted octanol–water partition coefficient (Wildman–Crippen LogP) is 2.84. The standard InChI is InChI=1S/C14H22N2O2S/c1-10-13(19-11(2)15-10)9-16-7-3-4-12(8-16)5-6-14(17)18/h12H,3-9H2,1-2H3,(H,17,18). The summed E-state index contributed by atoms with van der Waals surface area (Å²) in [5.41, 5.74) is 1.15. The largest absolute Gasteiger partial charge is 0.481 e. The molecule has 1 aliphatic heterocycles. The van der Waals surface area contributed by atoms with Gasteiger partial charge >= 0.3 is 5.97 Å². The number of hydrogen-bond donors (Lipinski definition) is 1. The average Bonchev–Trinajstić information content (AvgIpc) is 2.66. The van der Waals surface area contributed by atoms with E-state index >= 15 is 0 Å². The molecule has 2 heterocycles. The van der Waals surface area contributed by atoms with E-state index in [-0.39, 0.29) is 0 Å². The van der Waals surface area contributed by atoms with Crippen LogP contribution in [0.15, 0.2) is 0 Å². The van der Waals surface area contributed by atoms with Crippen LogP contribution in [0, 0.1) is 19.8 Å². The number of nitrogens with zero attached hydrogens (tertiary/aromatic N) is 2. The molecule has 1 aliphatic rings. The summed E-state index contributed by atoms with van der Waals surface area (Å²) in [6.45, 7) is 7.25. The van der Waals surface area contributed by atoms with Crippen molar-refractivity contribution in [2.24, 2.45) is 5.92 Å². The first-order chi connectivity index (χ1) is 9.04. The lowest BCUT2D eigenvalue weighted by Crippen LogP contribution is -2.35. The van der Waals surface area contributed by atoms with Crippen LogP contribution in [-0.2, 0) is 11.3 Å². The maximum Gasteiger partial charge on any atom is 0.303 e. The number of aryl methyl sites for hydroxylation is 2. The second kappa shape index (κ2) is 6.48. The van der Waals surface area contributed by atoms with E-state index in [9.17, 15) is 4.79 Å². The maximum atomic E-state index is 10.6. The molecule has 0 aromatic carbocycles. The normalized spacial score (nSPS) is 20.6. The van der Waals surface area contributed by atoms with Crippen LogP contribution in [0.5, 0.6) is 0 Å². The number of carboxylic acid groups (broad SMARTS) is 1. The molecule has 0 bridgehead atoms. The highest BCUT2D eigenvalue weighted by Crippen LogP contribution is 2.25. The lowest BCUT2D eigenvalue weighted by molar-refractivity contribution is -0.137. The first-order valence-electron chi connectivity index (χ1n) is 6.91. The third-order valence-corrected chi connectivity index (χ3v) is 4.79. The fourth-order valence-corrected chi connectivity index (χ4v) is 3.76. The number of hydrogen-bond acceptors (Lipinski definition) is 4. The van der Waals surface area contributed by atoms with Crippen LogP contribution in [0.1, 0.15) is 41.3 Å². The number of likely N-dealkylation sites (tertiary alicyclic amines) is 1. The minimum absolute atomic E-state index is 0.303. The molecule has 0 saturated carbocycles. The number of carbonyl (C=O) groups is 1. The predicted molar refractivity (Wildman–Crippen MR) is 76.5 cm³/mol. The Hall–Kier alpha value is -0.940. The number of aliphatic carboxylic acids is 1. The van der Waals surface area contributed by atoms with E-state index in [1.165, 1.54) is 17.7 Å². The molecule has 1 aromatic rings. The molecule has 0 radical (unpaired) electrons. The second-order valence-electron chi connectivity index (χ2n) is 5.42. The van der Waals surface area contributed by atoms with Crippen molar-refractivity contribution in [2.45, 2.75) is 46.1 Å². The van der Waals surface area contributed by atoms with Crippen molar-refractivity contribution in [1.82, 2.24) is 9.88 Å². The molecule has 5 heteroatoms. The summed E-state index contributed by atoms with van der Waals surface area (Å²) in [7, 11) is 0. The molecule has 0 spiro atoms. The molecular weight excluding hydrogens is 260 g/mol. The monoisotopic (exact) mass is 282 g/mol. The zero-order valence-electron chi connectivity index (χ0n) is 11.7. The van der Waals surface area contributed by atoms with Gasteiger partial charge in [-0.3, -0.25) is 9.69 Å². The molecule has 0 amide bonds. The highest BCUT2D eigenvalue weighted by molar-refractivity contribution is 7.11. The van der Waals surface area contributed by atoms with Crippen molar-refractivity contribution >= 4 is 17.3 Å². The summed E-state index contributed by atoms with van der Waals surface area (Å²) in [5, 5.41) is 9.90. The van der Waals surface area contributed by atoms with Crippen LogP contribution in [0.4, 0.5) is 0 Å². The SMILES string of the molecule is Cc1nc(C)c(CN2CCCC(CCC(=O)O)C2)s1. The van der Waals surface area contributed by atoms with Crippen LogP contribution in [0.2, 0.25) is 0 Å². The lowest BCUT2D eigenvalue weighted by Gasteiger charge is -2.32. The zero-order chi connectivity index (χ0) is 13.8. The van der Waals surface area contributed by atoms with Gasteiger partial charge in [0.2, 0.25) is 0 Å². The molecule has 19 heavy (non-hydrogen) atoms. The van der Waals surface area contributed by atoms with Gasteiger partial charge in [0.25, 0.3) is 0 Å². The van der Waals surface area contributed by atoms with Gasteiger partial charge in [-0.15, -0.1) is 11.3 Å². The summed E-state index contributed by atoms with van der Waals surface area (Å²) in [5.74, 6) is -0.134. The second-order valence-corrected chi connectivity index (χ2v) is 6.70. The average molecular weight is 282 g/mol. The van der Waals surface area contributed by atoms with Crippen molar-refractivity contribution in [3.63, 3.8) is 0 Å². The van der Waals surface area contributed by atoms with E-state index in [0.29, 0.717) is 12.3 Å². The van der Waals surface area contributed by atoms with Crippen LogP contribution in [0.3, 0.4) is 0 Å². The Bertz CT molecular complexity index is 445. The number of carboxylic acids is 1. The molecule has 1 saturated heterocycles. The van der Waals surface area contributed by atoms with Gasteiger partial charge in [0.15, 0.2) is 0 Å². The van der Waals surface area contributed by atoms with Gasteiger partial charge in [-0.1, -0.05) is 0 Å². The lowest BCUT2D eigenvalue weighted by atomic mass is 9.93. The van der Waals surface area contributed by atoms with Gasteiger partial charge in [0.1, 0.15) is 0 Å². The molecule has 1 aromatic heterocycles. The number of thiazole rings is 1. The van der Waals surface area contributed by atoms with Crippen LogP contribution in [-0.4, -0.2) is 34.0 Å². The summed E-state index contributed by atoms with van der Waals surface area (Å²) >= 11 is 1.78. The van der Waals surface area contributed by atoms with Gasteiger partial charge in [0, 0.05) is 24.4 Å². The van der Waals surface area contributed by atoms with E-state index in [2.05, 4.69) is 16.8 Å². The van der Waals surface area contributed by atoms with E-state index in [0.717, 1.165) is 36.8 Å². The summed E-state index contributed by atoms with van der Waals surface area (Å²) in [4.78, 5) is 18.9. The number of aromatic nitrogens is 1. The molecule has 2 rings (SSSR count). The van der Waals surface area contributed by atoms with Crippen molar-refractivity contribution in [3.05, 3.63) is 15.6 Å². The highest BCUT2D eigenvalue weighted by Gasteiger charge is 2.21. The third-order valence-electron chi connectivity index (χ3n) is 3.74. The zero-order valence-corrected chi connectivity index (χ0v) is 12.5. The number of piperidine rings is 1. The fourth-order valence-electron chi connectivity index (χ4n) is 2.78. The molecule has 1 atom stereocenters. The quantitative estimate of drug-likeness (QED) is 0.902. The first-order valence-corrected chi connectivity index (χ1v) is 7.73. The fraction of sp³-hybridized carbons (Fsp3) is 0.714. The van der Waals surface area contributed by atoms with Gasteiger partial charge in [-0.05, 0) is 45.6 Å². The van der Waals surface area contributed by atoms with Crippen LogP contribution in [0.25, 0.3) is 0 Å². The Kier molecular flexibility index (Phi) is 4.93. The Morgan fingerprint density at radius 3 is 2.95 bits per heavy atom. The summed E-state index contributed by atoms with van der Waals surface area (Å²) < 4.78 is 0. The van der Waals surface area contributed by atoms with E-state index < -0.39 is 5.97 Å².